The minimum atomic E-state index is -0.747. The smallest absolute Gasteiger partial charge is 0.306 e. The fourth-order valence-corrected chi connectivity index (χ4v) is 3.66. The molecule has 2 heterocycles. The highest BCUT2D eigenvalue weighted by Crippen LogP contribution is 2.27. The molecular formula is C21H20N2O4. The second kappa shape index (κ2) is 7.23. The molecule has 1 saturated carbocycles. The Morgan fingerprint density at radius 1 is 1.07 bits per heavy atom. The number of hydrogen-bond acceptors (Lipinski definition) is 4. The van der Waals surface area contributed by atoms with Gasteiger partial charge >= 0.3 is 5.97 Å². The number of carbonyl (C=O) groups excluding carboxylic acids is 1. The summed E-state index contributed by atoms with van der Waals surface area (Å²) >= 11 is 0. The third-order valence-electron chi connectivity index (χ3n) is 5.15. The zero-order valence-electron chi connectivity index (χ0n) is 14.7. The number of carbonyl (C=O) groups is 2. The molecule has 0 aliphatic heterocycles. The quantitative estimate of drug-likeness (QED) is 0.733. The molecule has 0 bridgehead atoms. The van der Waals surface area contributed by atoms with Crippen LogP contribution >= 0.6 is 0 Å². The fraction of sp³-hybridized carbons (Fsp3) is 0.286. The molecule has 3 aromatic rings. The van der Waals surface area contributed by atoms with Gasteiger partial charge < -0.3 is 14.8 Å². The molecule has 4 rings (SSSR count). The van der Waals surface area contributed by atoms with Crippen LogP contribution in [-0.4, -0.2) is 28.0 Å². The first-order valence-corrected chi connectivity index (χ1v) is 9.09. The van der Waals surface area contributed by atoms with Crippen molar-refractivity contribution in [3.63, 3.8) is 0 Å². The lowest BCUT2D eigenvalue weighted by Crippen LogP contribution is -2.38. The summed E-state index contributed by atoms with van der Waals surface area (Å²) in [4.78, 5) is 28.7. The molecule has 1 aromatic carbocycles. The molecule has 6 nitrogen and oxygen atoms in total. The van der Waals surface area contributed by atoms with Crippen molar-refractivity contribution in [2.45, 2.75) is 31.7 Å². The Morgan fingerprint density at radius 2 is 1.85 bits per heavy atom. The Bertz CT molecular complexity index is 973. The number of amides is 1. The van der Waals surface area contributed by atoms with Crippen LogP contribution in [0.5, 0.6) is 0 Å². The Morgan fingerprint density at radius 3 is 2.56 bits per heavy atom. The predicted octanol–water partition coefficient (Wildman–Crippen LogP) is 3.87. The van der Waals surface area contributed by atoms with E-state index in [0.717, 1.165) is 10.9 Å². The third kappa shape index (κ3) is 3.56. The maximum absolute atomic E-state index is 13.0. The largest absolute Gasteiger partial charge is 0.481 e. The molecule has 0 atom stereocenters. The van der Waals surface area contributed by atoms with Gasteiger partial charge in [0.1, 0.15) is 5.69 Å². The van der Waals surface area contributed by atoms with E-state index in [1.54, 1.807) is 18.4 Å². The Balaban J connectivity index is 1.60. The summed E-state index contributed by atoms with van der Waals surface area (Å²) in [6, 6.07) is 12.9. The summed E-state index contributed by atoms with van der Waals surface area (Å²) in [5.41, 5.74) is 1.89. The minimum absolute atomic E-state index is 0.00732. The molecule has 0 unspecified atom stereocenters. The summed E-state index contributed by atoms with van der Waals surface area (Å²) in [6.45, 7) is 0. The monoisotopic (exact) mass is 364 g/mol. The number of carboxylic acid groups (broad SMARTS) is 1. The van der Waals surface area contributed by atoms with Crippen molar-refractivity contribution in [3.8, 4) is 11.5 Å². The van der Waals surface area contributed by atoms with Gasteiger partial charge in [-0.1, -0.05) is 18.2 Å². The first kappa shape index (κ1) is 17.3. The van der Waals surface area contributed by atoms with E-state index >= 15 is 0 Å². The number of benzene rings is 1. The van der Waals surface area contributed by atoms with Crippen LogP contribution in [0.4, 0.5) is 0 Å². The molecule has 0 saturated heterocycles. The molecule has 2 N–H and O–H groups in total. The topological polar surface area (TPSA) is 92.4 Å². The van der Waals surface area contributed by atoms with Crippen molar-refractivity contribution in [3.05, 3.63) is 54.3 Å². The van der Waals surface area contributed by atoms with E-state index in [0.29, 0.717) is 42.7 Å². The number of fused-ring (bicyclic) bond motifs is 1. The Labute approximate surface area is 156 Å². The van der Waals surface area contributed by atoms with Gasteiger partial charge in [-0.2, -0.15) is 0 Å². The number of aromatic nitrogens is 1. The number of rotatable bonds is 4. The van der Waals surface area contributed by atoms with E-state index in [4.69, 9.17) is 9.52 Å². The molecule has 1 amide bonds. The van der Waals surface area contributed by atoms with E-state index in [1.165, 1.54) is 0 Å². The van der Waals surface area contributed by atoms with Crippen LogP contribution in [0.3, 0.4) is 0 Å². The van der Waals surface area contributed by atoms with Crippen molar-refractivity contribution in [1.82, 2.24) is 10.3 Å². The minimum Gasteiger partial charge on any atom is -0.481 e. The highest BCUT2D eigenvalue weighted by Gasteiger charge is 2.27. The van der Waals surface area contributed by atoms with Crippen molar-refractivity contribution in [2.75, 3.05) is 0 Å². The Hall–Kier alpha value is -3.15. The van der Waals surface area contributed by atoms with Gasteiger partial charge in [-0.05, 0) is 49.9 Å². The second-order valence-electron chi connectivity index (χ2n) is 6.91. The van der Waals surface area contributed by atoms with Gasteiger partial charge in [0.2, 0.25) is 0 Å². The second-order valence-corrected chi connectivity index (χ2v) is 6.91. The summed E-state index contributed by atoms with van der Waals surface area (Å²) in [5.74, 6) is -0.606. The van der Waals surface area contributed by atoms with Gasteiger partial charge in [-0.15, -0.1) is 0 Å². The number of pyridine rings is 1. The lowest BCUT2D eigenvalue weighted by Gasteiger charge is -2.27. The standard InChI is InChI=1S/C21H20N2O4/c24-20(22-14-9-7-13(8-10-14)21(25)26)16-12-18(19-6-3-11-27-19)23-17-5-2-1-4-15(16)17/h1-6,11-14H,7-10H2,(H,22,24)(H,25,26). The maximum atomic E-state index is 13.0. The molecular weight excluding hydrogens is 344 g/mol. The highest BCUT2D eigenvalue weighted by atomic mass is 16.4. The molecule has 27 heavy (non-hydrogen) atoms. The predicted molar refractivity (Wildman–Crippen MR) is 100 cm³/mol. The summed E-state index contributed by atoms with van der Waals surface area (Å²) < 4.78 is 5.44. The van der Waals surface area contributed by atoms with Crippen LogP contribution in [0.25, 0.3) is 22.4 Å². The van der Waals surface area contributed by atoms with E-state index in [2.05, 4.69) is 10.3 Å². The van der Waals surface area contributed by atoms with Gasteiger partial charge in [0.15, 0.2) is 5.76 Å². The molecule has 2 aromatic heterocycles. The van der Waals surface area contributed by atoms with Crippen LogP contribution in [0.1, 0.15) is 36.0 Å². The molecule has 0 spiro atoms. The molecule has 0 radical (unpaired) electrons. The highest BCUT2D eigenvalue weighted by molar-refractivity contribution is 6.07. The molecule has 1 fully saturated rings. The summed E-state index contributed by atoms with van der Waals surface area (Å²) in [5, 5.41) is 13.0. The SMILES string of the molecule is O=C(NC1CCC(C(=O)O)CC1)c1cc(-c2ccco2)nc2ccccc12. The molecule has 138 valence electrons. The first-order chi connectivity index (χ1) is 13.1. The van der Waals surface area contributed by atoms with Crippen molar-refractivity contribution >= 4 is 22.8 Å². The van der Waals surface area contributed by atoms with E-state index in [1.807, 2.05) is 30.3 Å². The van der Waals surface area contributed by atoms with E-state index in [-0.39, 0.29) is 17.9 Å². The average molecular weight is 364 g/mol. The number of para-hydroxylation sites is 1. The average Bonchev–Trinajstić information content (AvgIpc) is 3.22. The summed E-state index contributed by atoms with van der Waals surface area (Å²) in [7, 11) is 0. The van der Waals surface area contributed by atoms with Crippen LogP contribution in [0.15, 0.2) is 53.1 Å². The zero-order chi connectivity index (χ0) is 18.8. The molecule has 1 aliphatic carbocycles. The fourth-order valence-electron chi connectivity index (χ4n) is 3.66. The number of nitrogens with one attached hydrogen (secondary N) is 1. The number of hydrogen-bond donors (Lipinski definition) is 2. The zero-order valence-corrected chi connectivity index (χ0v) is 14.7. The van der Waals surface area contributed by atoms with E-state index in [9.17, 15) is 9.59 Å². The van der Waals surface area contributed by atoms with Crippen LogP contribution in [-0.2, 0) is 4.79 Å². The lowest BCUT2D eigenvalue weighted by molar-refractivity contribution is -0.142. The first-order valence-electron chi connectivity index (χ1n) is 9.09. The van der Waals surface area contributed by atoms with Crippen LogP contribution in [0.2, 0.25) is 0 Å². The van der Waals surface area contributed by atoms with Crippen molar-refractivity contribution < 1.29 is 19.1 Å². The number of furan rings is 1. The van der Waals surface area contributed by atoms with Crippen LogP contribution < -0.4 is 5.32 Å². The lowest BCUT2D eigenvalue weighted by atomic mass is 9.86. The van der Waals surface area contributed by atoms with Gasteiger partial charge in [-0.3, -0.25) is 9.59 Å². The van der Waals surface area contributed by atoms with Crippen LogP contribution in [0, 0.1) is 5.92 Å². The number of aliphatic carboxylic acids is 1. The number of nitrogens with zero attached hydrogens (tertiary/aromatic N) is 1. The van der Waals surface area contributed by atoms with E-state index < -0.39 is 5.97 Å². The normalized spacial score (nSPS) is 19.7. The van der Waals surface area contributed by atoms with Gasteiger partial charge in [-0.25, -0.2) is 4.98 Å². The molecule has 6 heteroatoms. The van der Waals surface area contributed by atoms with Gasteiger partial charge in [0, 0.05) is 11.4 Å². The maximum Gasteiger partial charge on any atom is 0.306 e. The van der Waals surface area contributed by atoms with Crippen molar-refractivity contribution in [2.24, 2.45) is 5.92 Å². The van der Waals surface area contributed by atoms with Gasteiger partial charge in [0.05, 0.1) is 23.3 Å². The summed E-state index contributed by atoms with van der Waals surface area (Å²) in [6.07, 6.45) is 4.12. The third-order valence-corrected chi connectivity index (χ3v) is 5.15. The van der Waals surface area contributed by atoms with Crippen molar-refractivity contribution in [1.29, 1.82) is 0 Å². The van der Waals surface area contributed by atoms with Gasteiger partial charge in [0.25, 0.3) is 5.91 Å². The Kier molecular flexibility index (Phi) is 4.62. The molecule has 1 aliphatic rings. The number of carboxylic acids is 1.